The third-order valence-electron chi connectivity index (χ3n) is 13.5. The van der Waals surface area contributed by atoms with Crippen LogP contribution < -0.4 is 4.90 Å². The molecule has 12 rings (SSSR count). The topological polar surface area (TPSA) is 8.17 Å². The Labute approximate surface area is 386 Å². The molecule has 0 amide bonds. The van der Waals surface area contributed by atoms with Gasteiger partial charge in [-0.2, -0.15) is 0 Å². The molecule has 10 aromatic carbocycles. The molecule has 0 radical (unpaired) electrons. The minimum atomic E-state index is -0.701. The maximum absolute atomic E-state index is 2.66. The monoisotopic (exact) mass is 842 g/mol. The second kappa shape index (κ2) is 16.6. The number of benzene rings is 10. The average Bonchev–Trinajstić information content (AvgIpc) is 3.74. The van der Waals surface area contributed by atoms with Gasteiger partial charge in [-0.25, -0.2) is 0 Å². The van der Waals surface area contributed by atoms with Crippen LogP contribution in [0.2, 0.25) is 0 Å². The highest BCUT2D eigenvalue weighted by atomic mass is 15.2. The molecule has 2 heteroatoms. The number of nitrogens with zero attached hydrogens (tertiary/aromatic N) is 2. The Kier molecular flexibility index (Phi) is 9.84. The molecule has 0 bridgehead atoms. The fourth-order valence-corrected chi connectivity index (χ4v) is 10.7. The van der Waals surface area contributed by atoms with Gasteiger partial charge < -0.3 is 9.47 Å². The number of anilines is 2. The van der Waals surface area contributed by atoms with Crippen molar-refractivity contribution in [3.8, 4) is 39.1 Å². The van der Waals surface area contributed by atoms with Crippen molar-refractivity contribution in [1.29, 1.82) is 0 Å². The number of fused-ring (bicyclic) bond motifs is 4. The smallest absolute Gasteiger partial charge is 0.100 e. The normalized spacial score (nSPS) is 14.7. The van der Waals surface area contributed by atoms with Crippen LogP contribution in [0.3, 0.4) is 0 Å². The summed E-state index contributed by atoms with van der Waals surface area (Å²) in [6, 6.07) is 91.2. The van der Waals surface area contributed by atoms with Crippen LogP contribution in [0.1, 0.15) is 17.5 Å². The molecule has 66 heavy (non-hydrogen) atoms. The van der Waals surface area contributed by atoms with Gasteiger partial charge >= 0.3 is 0 Å². The van der Waals surface area contributed by atoms with E-state index in [0.29, 0.717) is 0 Å². The largest absolute Gasteiger partial charge is 0.327 e. The lowest BCUT2D eigenvalue weighted by molar-refractivity contribution is 0.568. The maximum Gasteiger partial charge on any atom is 0.100 e. The van der Waals surface area contributed by atoms with E-state index in [4.69, 9.17) is 0 Å². The Morgan fingerprint density at radius 2 is 0.924 bits per heavy atom. The van der Waals surface area contributed by atoms with Gasteiger partial charge in [0.25, 0.3) is 0 Å². The summed E-state index contributed by atoms with van der Waals surface area (Å²) in [5.74, 6) is 0. The minimum absolute atomic E-state index is 0.701. The number of allylic oxidation sites excluding steroid dienone is 2. The van der Waals surface area contributed by atoms with E-state index in [0.717, 1.165) is 29.0 Å². The van der Waals surface area contributed by atoms with Crippen molar-refractivity contribution in [3.63, 3.8) is 0 Å². The van der Waals surface area contributed by atoms with Crippen LogP contribution in [0, 0.1) is 0 Å². The lowest BCUT2D eigenvalue weighted by Gasteiger charge is -2.49. The quantitative estimate of drug-likeness (QED) is 0.141. The van der Waals surface area contributed by atoms with Gasteiger partial charge in [-0.15, -0.1) is 0 Å². The predicted octanol–water partition coefficient (Wildman–Crippen LogP) is 17.0. The molecule has 0 fully saturated rings. The fraction of sp³-hybridized carbons (Fsp3) is 0.0312. The highest BCUT2D eigenvalue weighted by molar-refractivity contribution is 6.16. The zero-order chi connectivity index (χ0) is 43.9. The lowest BCUT2D eigenvalue weighted by atomic mass is 9.70. The summed E-state index contributed by atoms with van der Waals surface area (Å²) in [6.45, 7) is 0. The molecule has 1 aromatic heterocycles. The molecule has 0 spiro atoms. The molecule has 1 aliphatic carbocycles. The number of aromatic nitrogens is 1. The van der Waals surface area contributed by atoms with Crippen molar-refractivity contribution in [2.45, 2.75) is 12.0 Å². The molecule has 1 unspecified atom stereocenters. The van der Waals surface area contributed by atoms with E-state index in [1.54, 1.807) is 0 Å². The molecule has 312 valence electrons. The summed E-state index contributed by atoms with van der Waals surface area (Å²) in [6.07, 6.45) is 7.69. The summed E-state index contributed by atoms with van der Waals surface area (Å²) in [4.78, 5) is 2.66. The van der Waals surface area contributed by atoms with E-state index in [9.17, 15) is 0 Å². The number of rotatable bonds is 9. The van der Waals surface area contributed by atoms with E-state index in [2.05, 4.69) is 276 Å². The molecular formula is C64H46N2. The average molecular weight is 843 g/mol. The third-order valence-corrected chi connectivity index (χ3v) is 13.5. The van der Waals surface area contributed by atoms with Crippen LogP contribution in [0.25, 0.3) is 77.2 Å². The van der Waals surface area contributed by atoms with E-state index in [1.807, 2.05) is 0 Å². The van der Waals surface area contributed by atoms with Crippen molar-refractivity contribution in [2.75, 3.05) is 4.90 Å². The van der Waals surface area contributed by atoms with Gasteiger partial charge in [0.2, 0.25) is 0 Å². The highest BCUT2D eigenvalue weighted by Gasteiger charge is 2.45. The Balaban J connectivity index is 1.16. The Morgan fingerprint density at radius 1 is 0.394 bits per heavy atom. The predicted molar refractivity (Wildman–Crippen MR) is 279 cm³/mol. The minimum Gasteiger partial charge on any atom is -0.327 e. The third kappa shape index (κ3) is 6.57. The van der Waals surface area contributed by atoms with Crippen LogP contribution >= 0.6 is 0 Å². The molecular weight excluding hydrogens is 797 g/mol. The Morgan fingerprint density at radius 3 is 1.70 bits per heavy atom. The molecule has 1 atom stereocenters. The van der Waals surface area contributed by atoms with Crippen LogP contribution in [0.4, 0.5) is 11.4 Å². The first-order valence-electron chi connectivity index (χ1n) is 22.9. The first-order valence-corrected chi connectivity index (χ1v) is 22.9. The molecule has 0 N–H and O–H groups in total. The van der Waals surface area contributed by atoms with E-state index >= 15 is 0 Å². The van der Waals surface area contributed by atoms with E-state index < -0.39 is 5.54 Å². The highest BCUT2D eigenvalue weighted by Crippen LogP contribution is 2.55. The van der Waals surface area contributed by atoms with Gasteiger partial charge in [-0.1, -0.05) is 218 Å². The number of para-hydroxylation sites is 2. The Hall–Kier alpha value is -8.46. The van der Waals surface area contributed by atoms with Crippen molar-refractivity contribution >= 4 is 49.5 Å². The first kappa shape index (κ1) is 39.2. The van der Waals surface area contributed by atoms with Gasteiger partial charge in [0.15, 0.2) is 0 Å². The number of hydrogen-bond donors (Lipinski definition) is 0. The molecule has 11 aromatic rings. The molecule has 2 nitrogen and oxygen atoms in total. The van der Waals surface area contributed by atoms with Crippen LogP contribution in [-0.4, -0.2) is 4.57 Å². The summed E-state index contributed by atoms with van der Waals surface area (Å²) in [5, 5.41) is 4.95. The summed E-state index contributed by atoms with van der Waals surface area (Å²) >= 11 is 0. The molecule has 0 aliphatic heterocycles. The van der Waals surface area contributed by atoms with Crippen LogP contribution in [0.5, 0.6) is 0 Å². The van der Waals surface area contributed by atoms with Gasteiger partial charge in [-0.3, -0.25) is 0 Å². The van der Waals surface area contributed by atoms with Crippen LogP contribution in [0.15, 0.2) is 267 Å². The van der Waals surface area contributed by atoms with Crippen LogP contribution in [-0.2, 0) is 5.54 Å². The van der Waals surface area contributed by atoms with Crippen molar-refractivity contribution < 1.29 is 0 Å². The first-order chi connectivity index (χ1) is 32.8. The maximum atomic E-state index is 2.66. The van der Waals surface area contributed by atoms with Crippen molar-refractivity contribution in [1.82, 2.24) is 4.57 Å². The summed E-state index contributed by atoms with van der Waals surface area (Å²) in [7, 11) is 0. The molecule has 1 heterocycles. The second-order valence-electron chi connectivity index (χ2n) is 17.2. The summed E-state index contributed by atoms with van der Waals surface area (Å²) in [5.41, 5.74) is 15.8. The zero-order valence-corrected chi connectivity index (χ0v) is 36.5. The van der Waals surface area contributed by atoms with Crippen molar-refractivity contribution in [3.05, 3.63) is 278 Å². The van der Waals surface area contributed by atoms with E-state index in [-0.39, 0.29) is 0 Å². The van der Waals surface area contributed by atoms with Gasteiger partial charge in [0, 0.05) is 27.8 Å². The Bertz CT molecular complexity index is 3610. The molecule has 0 saturated heterocycles. The molecule has 1 aliphatic rings. The number of hydrogen-bond acceptors (Lipinski definition) is 1. The van der Waals surface area contributed by atoms with Gasteiger partial charge in [0.1, 0.15) is 5.54 Å². The van der Waals surface area contributed by atoms with E-state index in [1.165, 1.54) is 77.1 Å². The fourth-order valence-electron chi connectivity index (χ4n) is 10.7. The lowest BCUT2D eigenvalue weighted by Crippen LogP contribution is -2.45. The van der Waals surface area contributed by atoms with Gasteiger partial charge in [0.05, 0.1) is 11.0 Å². The zero-order valence-electron chi connectivity index (χ0n) is 36.5. The molecule has 0 saturated carbocycles. The standard InChI is InChI=1S/C64H46N2/c1-4-22-47(23-5-1)56-35-12-14-40-60(56)64(43-17-16-39-59(64)48-25-6-2-7-26-48)66(52-32-18-28-49(44-52)55-37-20-27-46-24-10-11-34-54(46)55)53-33-19-29-50(45-53)57-38-21-42-62-63(57)58-36-13-15-41-61(58)65(62)51-30-8-3-9-31-51/h1-42,44-45H,43H2. The van der Waals surface area contributed by atoms with Gasteiger partial charge in [-0.05, 0) is 116 Å². The summed E-state index contributed by atoms with van der Waals surface area (Å²) < 4.78 is 2.41. The SMILES string of the molecule is C1=CCC(c2ccccc2-c2ccccc2)(N(c2cccc(-c3cccc4ccccc34)c2)c2cccc(-c3cccc4c3c3ccccc3n4-c3ccccc3)c2)C(c2ccccc2)=C1. The van der Waals surface area contributed by atoms with Crippen molar-refractivity contribution in [2.24, 2.45) is 0 Å². The second-order valence-corrected chi connectivity index (χ2v) is 17.2.